The van der Waals surface area contributed by atoms with Crippen molar-refractivity contribution in [3.63, 3.8) is 0 Å². The summed E-state index contributed by atoms with van der Waals surface area (Å²) in [6, 6.07) is 5.09. The van der Waals surface area contributed by atoms with E-state index in [0.29, 0.717) is 12.8 Å². The second-order valence-corrected chi connectivity index (χ2v) is 5.76. The minimum atomic E-state index is -0.980. The highest BCUT2D eigenvalue weighted by molar-refractivity contribution is 5.83. The van der Waals surface area contributed by atoms with Crippen LogP contribution in [0.3, 0.4) is 0 Å². The zero-order valence-corrected chi connectivity index (χ0v) is 13.6. The molecule has 2 aromatic rings. The van der Waals surface area contributed by atoms with Crippen molar-refractivity contribution in [1.29, 1.82) is 0 Å². The molecule has 6 heteroatoms. The van der Waals surface area contributed by atoms with Crippen molar-refractivity contribution in [3.8, 4) is 0 Å². The summed E-state index contributed by atoms with van der Waals surface area (Å²) in [5, 5.41) is 11.7. The molecule has 2 rings (SSSR count). The summed E-state index contributed by atoms with van der Waals surface area (Å²) in [6.07, 6.45) is 2.81. The van der Waals surface area contributed by atoms with Crippen LogP contribution >= 0.6 is 0 Å². The molecule has 124 valence electrons. The Kier molecular flexibility index (Phi) is 5.73. The number of carboxylic acid groups (broad SMARTS) is 1. The van der Waals surface area contributed by atoms with E-state index < -0.39 is 12.0 Å². The first-order chi connectivity index (χ1) is 11.0. The third-order valence-corrected chi connectivity index (χ3v) is 3.83. The topological polar surface area (TPSA) is 95.1 Å². The summed E-state index contributed by atoms with van der Waals surface area (Å²) in [7, 11) is 0. The lowest BCUT2D eigenvalue weighted by Gasteiger charge is -2.13. The van der Waals surface area contributed by atoms with E-state index in [1.54, 1.807) is 0 Å². The maximum Gasteiger partial charge on any atom is 0.326 e. The molecule has 0 saturated carbocycles. The fraction of sp³-hybridized carbons (Fsp3) is 0.471. The molecule has 3 N–H and O–H groups in total. The third kappa shape index (κ3) is 4.55. The number of fused-ring (bicyclic) bond motifs is 1. The van der Waals surface area contributed by atoms with Crippen molar-refractivity contribution in [2.75, 3.05) is 0 Å². The number of hydrogen-bond donors (Lipinski definition) is 3. The van der Waals surface area contributed by atoms with Crippen LogP contribution in [0.25, 0.3) is 11.0 Å². The van der Waals surface area contributed by atoms with Gasteiger partial charge in [-0.1, -0.05) is 31.9 Å². The monoisotopic (exact) mass is 317 g/mol. The largest absolute Gasteiger partial charge is 0.480 e. The average molecular weight is 317 g/mol. The maximum atomic E-state index is 12.0. The second-order valence-electron chi connectivity index (χ2n) is 5.76. The molecule has 0 spiro atoms. The van der Waals surface area contributed by atoms with E-state index in [1.165, 1.54) is 0 Å². The van der Waals surface area contributed by atoms with Gasteiger partial charge in [0.1, 0.15) is 11.9 Å². The molecule has 1 atom stereocenters. The van der Waals surface area contributed by atoms with E-state index in [9.17, 15) is 9.59 Å². The lowest BCUT2D eigenvalue weighted by molar-refractivity contribution is -0.142. The highest BCUT2D eigenvalue weighted by Gasteiger charge is 2.19. The quantitative estimate of drug-likeness (QED) is 0.697. The van der Waals surface area contributed by atoms with Gasteiger partial charge in [0.05, 0.1) is 11.0 Å². The summed E-state index contributed by atoms with van der Waals surface area (Å²) in [5.41, 5.74) is 2.95. The van der Waals surface area contributed by atoms with Gasteiger partial charge in [0.15, 0.2) is 0 Å². The number of amides is 1. The number of unbranched alkanes of at least 4 members (excludes halogenated alkanes) is 1. The van der Waals surface area contributed by atoms with E-state index in [-0.39, 0.29) is 12.3 Å². The van der Waals surface area contributed by atoms with Crippen LogP contribution in [0.2, 0.25) is 0 Å². The molecule has 1 unspecified atom stereocenters. The van der Waals surface area contributed by atoms with E-state index in [0.717, 1.165) is 35.3 Å². The van der Waals surface area contributed by atoms with E-state index in [4.69, 9.17) is 5.11 Å². The van der Waals surface area contributed by atoms with Gasteiger partial charge in [-0.25, -0.2) is 9.78 Å². The molecule has 0 aliphatic heterocycles. The first-order valence-electron chi connectivity index (χ1n) is 7.97. The van der Waals surface area contributed by atoms with Gasteiger partial charge in [-0.15, -0.1) is 0 Å². The Balaban J connectivity index is 1.92. The normalized spacial score (nSPS) is 12.3. The number of para-hydroxylation sites is 1. The van der Waals surface area contributed by atoms with Gasteiger partial charge in [-0.2, -0.15) is 0 Å². The fourth-order valence-corrected chi connectivity index (χ4v) is 2.51. The maximum absolute atomic E-state index is 12.0. The van der Waals surface area contributed by atoms with Crippen molar-refractivity contribution in [3.05, 3.63) is 29.6 Å². The van der Waals surface area contributed by atoms with Crippen LogP contribution < -0.4 is 5.32 Å². The zero-order valence-electron chi connectivity index (χ0n) is 13.6. The van der Waals surface area contributed by atoms with E-state index in [2.05, 4.69) is 15.3 Å². The van der Waals surface area contributed by atoms with Crippen LogP contribution in [0.15, 0.2) is 18.2 Å². The number of carbonyl (C=O) groups is 2. The van der Waals surface area contributed by atoms with Gasteiger partial charge in [-0.3, -0.25) is 4.79 Å². The number of aromatic nitrogens is 2. The summed E-state index contributed by atoms with van der Waals surface area (Å²) in [6.45, 7) is 3.98. The Hall–Kier alpha value is -2.37. The minimum Gasteiger partial charge on any atom is -0.480 e. The molecule has 1 heterocycles. The summed E-state index contributed by atoms with van der Waals surface area (Å²) < 4.78 is 0. The first kappa shape index (κ1) is 17.0. The van der Waals surface area contributed by atoms with Crippen LogP contribution in [0, 0.1) is 6.92 Å². The Morgan fingerprint density at radius 1 is 1.39 bits per heavy atom. The number of aliphatic carboxylic acids is 1. The molecule has 0 radical (unpaired) electrons. The van der Waals surface area contributed by atoms with Gasteiger partial charge in [0.25, 0.3) is 0 Å². The van der Waals surface area contributed by atoms with Crippen LogP contribution in [-0.2, 0) is 16.0 Å². The van der Waals surface area contributed by atoms with Crippen molar-refractivity contribution < 1.29 is 14.7 Å². The van der Waals surface area contributed by atoms with Crippen molar-refractivity contribution in [1.82, 2.24) is 15.3 Å². The number of rotatable bonds is 8. The smallest absolute Gasteiger partial charge is 0.326 e. The molecule has 0 bridgehead atoms. The Bertz CT molecular complexity index is 693. The molecule has 1 amide bonds. The molecule has 0 aliphatic rings. The Morgan fingerprint density at radius 2 is 2.17 bits per heavy atom. The van der Waals surface area contributed by atoms with Crippen LogP contribution in [0.1, 0.15) is 44.0 Å². The Labute approximate surface area is 135 Å². The molecular weight excluding hydrogens is 294 g/mol. The van der Waals surface area contributed by atoms with Crippen LogP contribution in [0.5, 0.6) is 0 Å². The average Bonchev–Trinajstić information content (AvgIpc) is 2.93. The van der Waals surface area contributed by atoms with Gasteiger partial charge < -0.3 is 15.4 Å². The predicted octanol–water partition coefficient (Wildman–Crippen LogP) is 2.56. The predicted molar refractivity (Wildman–Crippen MR) is 88.2 cm³/mol. The minimum absolute atomic E-state index is 0.217. The molecule has 6 nitrogen and oxygen atoms in total. The number of aromatic amines is 1. The highest BCUT2D eigenvalue weighted by atomic mass is 16.4. The lowest BCUT2D eigenvalue weighted by Crippen LogP contribution is -2.40. The molecule has 0 aliphatic carbocycles. The number of hydrogen-bond acceptors (Lipinski definition) is 3. The molecular formula is C17H23N3O3. The number of H-pyrrole nitrogens is 1. The summed E-state index contributed by atoms with van der Waals surface area (Å²) >= 11 is 0. The molecule has 23 heavy (non-hydrogen) atoms. The lowest BCUT2D eigenvalue weighted by atomic mass is 10.1. The second kappa shape index (κ2) is 7.76. The summed E-state index contributed by atoms with van der Waals surface area (Å²) in [5.74, 6) is -0.498. The zero-order chi connectivity index (χ0) is 16.8. The van der Waals surface area contributed by atoms with Gasteiger partial charge in [0, 0.05) is 12.8 Å². The molecule has 1 aromatic carbocycles. The van der Waals surface area contributed by atoms with Gasteiger partial charge in [-0.05, 0) is 25.0 Å². The number of carbonyl (C=O) groups excluding carboxylic acids is 1. The van der Waals surface area contributed by atoms with Crippen molar-refractivity contribution in [2.45, 2.75) is 52.0 Å². The number of nitrogens with zero attached hydrogens (tertiary/aromatic N) is 1. The number of nitrogens with one attached hydrogen (secondary N) is 2. The highest BCUT2D eigenvalue weighted by Crippen LogP contribution is 2.16. The number of carboxylic acids is 1. The number of benzene rings is 1. The molecule has 0 saturated heterocycles. The number of imidazole rings is 1. The molecule has 1 aromatic heterocycles. The SMILES string of the molecule is CCCCC(NC(=O)CCc1nc2c(C)cccc2[nH]1)C(=O)O. The summed E-state index contributed by atoms with van der Waals surface area (Å²) in [4.78, 5) is 30.8. The van der Waals surface area contributed by atoms with E-state index in [1.807, 2.05) is 32.0 Å². The van der Waals surface area contributed by atoms with E-state index >= 15 is 0 Å². The Morgan fingerprint density at radius 3 is 2.83 bits per heavy atom. The van der Waals surface area contributed by atoms with Gasteiger partial charge >= 0.3 is 5.97 Å². The first-order valence-corrected chi connectivity index (χ1v) is 7.97. The van der Waals surface area contributed by atoms with Crippen molar-refractivity contribution in [2.24, 2.45) is 0 Å². The third-order valence-electron chi connectivity index (χ3n) is 3.83. The van der Waals surface area contributed by atoms with Gasteiger partial charge in [0.2, 0.25) is 5.91 Å². The van der Waals surface area contributed by atoms with Crippen LogP contribution in [0.4, 0.5) is 0 Å². The standard InChI is InChI=1S/C17H23N3O3/c1-3-4-7-13(17(22)23)19-15(21)10-9-14-18-12-8-5-6-11(2)16(12)20-14/h5-6,8,13H,3-4,7,9-10H2,1-2H3,(H,18,20)(H,19,21)(H,22,23). The van der Waals surface area contributed by atoms with Crippen LogP contribution in [-0.4, -0.2) is 33.0 Å². The van der Waals surface area contributed by atoms with Crippen molar-refractivity contribution >= 4 is 22.9 Å². The number of aryl methyl sites for hydroxylation is 2. The fourth-order valence-electron chi connectivity index (χ4n) is 2.51. The molecule has 0 fully saturated rings.